The zero-order valence-electron chi connectivity index (χ0n) is 15.5. The Morgan fingerprint density at radius 2 is 0.690 bits per heavy atom. The van der Waals surface area contributed by atoms with Gasteiger partial charge in [0.25, 0.3) is 0 Å². The summed E-state index contributed by atoms with van der Waals surface area (Å²) in [4.78, 5) is 0. The summed E-state index contributed by atoms with van der Waals surface area (Å²) in [7, 11) is 0. The van der Waals surface area contributed by atoms with Gasteiger partial charge in [-0.3, -0.25) is 0 Å². The molecule has 29 heavy (non-hydrogen) atoms. The van der Waals surface area contributed by atoms with Gasteiger partial charge in [-0.2, -0.15) is 0 Å². The standard InChI is InChI=1S/C24H18As2N2O/c1-5-13-21-17(9-1)25(18-10-2-6-14-22(18)27-21)29-26-19-11-3-7-15-23(19)28-24-16-8-4-12-20(24)26/h1-16,27-28H. The average Bonchev–Trinajstić information content (AvgIpc) is 2.78. The van der Waals surface area contributed by atoms with Crippen LogP contribution in [0.2, 0.25) is 0 Å². The van der Waals surface area contributed by atoms with Crippen LogP contribution in [0.25, 0.3) is 0 Å². The van der Waals surface area contributed by atoms with Crippen LogP contribution in [0, 0.1) is 0 Å². The molecule has 2 aliphatic heterocycles. The van der Waals surface area contributed by atoms with Gasteiger partial charge in [0.1, 0.15) is 0 Å². The van der Waals surface area contributed by atoms with E-state index in [0.717, 1.165) is 0 Å². The molecular weight excluding hydrogens is 482 g/mol. The van der Waals surface area contributed by atoms with Gasteiger partial charge in [-0.05, 0) is 0 Å². The molecular formula is C24H18As2N2O. The first kappa shape index (κ1) is 17.4. The molecule has 0 unspecified atom stereocenters. The van der Waals surface area contributed by atoms with Crippen molar-refractivity contribution in [1.82, 2.24) is 0 Å². The van der Waals surface area contributed by atoms with Gasteiger partial charge in [0, 0.05) is 0 Å². The number of hydrogen-bond acceptors (Lipinski definition) is 3. The summed E-state index contributed by atoms with van der Waals surface area (Å²) in [6.07, 6.45) is 0. The molecule has 0 aromatic heterocycles. The first-order chi connectivity index (χ1) is 14.4. The maximum atomic E-state index is 7.25. The normalized spacial score (nSPS) is 14.6. The van der Waals surface area contributed by atoms with E-state index >= 15 is 0 Å². The molecule has 2 aliphatic rings. The molecule has 0 amide bonds. The van der Waals surface area contributed by atoms with Gasteiger partial charge in [-0.25, -0.2) is 0 Å². The molecule has 3 nitrogen and oxygen atoms in total. The molecule has 0 saturated carbocycles. The molecule has 0 fully saturated rings. The van der Waals surface area contributed by atoms with Gasteiger partial charge in [0.05, 0.1) is 0 Å². The monoisotopic (exact) mass is 500 g/mol. The van der Waals surface area contributed by atoms with Gasteiger partial charge in [0.2, 0.25) is 0 Å². The van der Waals surface area contributed by atoms with Crippen LogP contribution in [0.3, 0.4) is 0 Å². The van der Waals surface area contributed by atoms with E-state index in [1.807, 2.05) is 0 Å². The zero-order chi connectivity index (χ0) is 19.2. The third-order valence-electron chi connectivity index (χ3n) is 5.19. The van der Waals surface area contributed by atoms with Crippen LogP contribution >= 0.6 is 0 Å². The molecule has 0 saturated heterocycles. The first-order valence-corrected chi connectivity index (χ1v) is 14.9. The Balaban J connectivity index is 1.51. The number of rotatable bonds is 2. The second kappa shape index (κ2) is 7.11. The predicted molar refractivity (Wildman–Crippen MR) is 123 cm³/mol. The molecule has 0 radical (unpaired) electrons. The van der Waals surface area contributed by atoms with Crippen molar-refractivity contribution in [2.45, 2.75) is 0 Å². The fourth-order valence-corrected chi connectivity index (χ4v) is 16.4. The number of hydrogen-bond donors (Lipinski definition) is 2. The molecule has 5 heteroatoms. The van der Waals surface area contributed by atoms with Crippen molar-refractivity contribution in [3.05, 3.63) is 97.1 Å². The molecule has 0 spiro atoms. The molecule has 140 valence electrons. The number of benzene rings is 4. The summed E-state index contributed by atoms with van der Waals surface area (Å²) in [5.74, 6) is 0. The Morgan fingerprint density at radius 3 is 1.00 bits per heavy atom. The minimum absolute atomic E-state index is 1.19. The third kappa shape index (κ3) is 2.93. The van der Waals surface area contributed by atoms with Crippen LogP contribution in [0.1, 0.15) is 0 Å². The molecule has 2 heterocycles. The topological polar surface area (TPSA) is 33.3 Å². The van der Waals surface area contributed by atoms with Crippen LogP contribution in [-0.2, 0) is 2.72 Å². The Morgan fingerprint density at radius 1 is 0.414 bits per heavy atom. The summed E-state index contributed by atoms with van der Waals surface area (Å²) in [5.41, 5.74) is 4.77. The second-order valence-corrected chi connectivity index (χ2v) is 15.6. The van der Waals surface area contributed by atoms with Crippen molar-refractivity contribution in [2.24, 2.45) is 0 Å². The number of anilines is 4. The Bertz CT molecular complexity index is 1040. The fourth-order valence-electron chi connectivity index (χ4n) is 3.83. The Kier molecular flexibility index (Phi) is 4.27. The van der Waals surface area contributed by atoms with Gasteiger partial charge in [-0.15, -0.1) is 0 Å². The van der Waals surface area contributed by atoms with Gasteiger partial charge < -0.3 is 0 Å². The van der Waals surface area contributed by atoms with E-state index in [2.05, 4.69) is 108 Å². The van der Waals surface area contributed by atoms with Crippen LogP contribution in [0.15, 0.2) is 97.1 Å². The molecule has 0 bridgehead atoms. The van der Waals surface area contributed by atoms with E-state index in [4.69, 9.17) is 2.72 Å². The fraction of sp³-hybridized carbons (Fsp3) is 0. The average molecular weight is 500 g/mol. The van der Waals surface area contributed by atoms with E-state index < -0.39 is 30.0 Å². The quantitative estimate of drug-likeness (QED) is 0.416. The SMILES string of the molecule is c1ccc2c(c1)Nc1ccccc1[As]2O[As]1c2ccccc2Nc2ccccc21. The molecule has 4 aromatic rings. The number of fused-ring (bicyclic) bond motifs is 4. The van der Waals surface area contributed by atoms with E-state index in [9.17, 15) is 0 Å². The number of para-hydroxylation sites is 4. The van der Waals surface area contributed by atoms with Crippen LogP contribution in [0.5, 0.6) is 0 Å². The molecule has 4 aromatic carbocycles. The molecule has 0 atom stereocenters. The van der Waals surface area contributed by atoms with Crippen LogP contribution < -0.4 is 28.0 Å². The van der Waals surface area contributed by atoms with Crippen molar-refractivity contribution in [1.29, 1.82) is 0 Å². The maximum absolute atomic E-state index is 7.25. The summed E-state index contributed by atoms with van der Waals surface area (Å²) < 4.78 is 12.6. The van der Waals surface area contributed by atoms with Crippen LogP contribution in [-0.4, -0.2) is 30.0 Å². The van der Waals surface area contributed by atoms with Gasteiger partial charge >= 0.3 is 181 Å². The van der Waals surface area contributed by atoms with Gasteiger partial charge in [0.15, 0.2) is 0 Å². The van der Waals surface area contributed by atoms with Crippen molar-refractivity contribution in [3.63, 3.8) is 0 Å². The third-order valence-corrected chi connectivity index (χ3v) is 16.4. The zero-order valence-corrected chi connectivity index (χ0v) is 19.3. The van der Waals surface area contributed by atoms with E-state index in [1.165, 1.54) is 40.2 Å². The summed E-state index contributed by atoms with van der Waals surface area (Å²) in [5, 5.41) is 7.21. The van der Waals surface area contributed by atoms with Crippen LogP contribution in [0.4, 0.5) is 22.7 Å². The van der Waals surface area contributed by atoms with Crippen molar-refractivity contribution >= 4 is 70.1 Å². The van der Waals surface area contributed by atoms with Crippen molar-refractivity contribution < 1.29 is 2.72 Å². The van der Waals surface area contributed by atoms with Crippen molar-refractivity contribution in [2.75, 3.05) is 10.6 Å². The predicted octanol–water partition coefficient (Wildman–Crippen LogP) is 2.73. The van der Waals surface area contributed by atoms with Crippen molar-refractivity contribution in [3.8, 4) is 0 Å². The van der Waals surface area contributed by atoms with E-state index in [1.54, 1.807) is 0 Å². The molecule has 2 N–H and O–H groups in total. The summed E-state index contributed by atoms with van der Waals surface area (Å²) >= 11 is -3.85. The first-order valence-electron chi connectivity index (χ1n) is 9.57. The number of nitrogens with one attached hydrogen (secondary N) is 2. The molecule has 0 aliphatic carbocycles. The summed E-state index contributed by atoms with van der Waals surface area (Å²) in [6, 6.07) is 34.6. The Labute approximate surface area is 180 Å². The van der Waals surface area contributed by atoms with E-state index in [0.29, 0.717) is 0 Å². The van der Waals surface area contributed by atoms with Gasteiger partial charge in [-0.1, -0.05) is 0 Å². The van der Waals surface area contributed by atoms with E-state index in [-0.39, 0.29) is 0 Å². The summed E-state index contributed by atoms with van der Waals surface area (Å²) in [6.45, 7) is 0. The Hall–Kier alpha value is -2.44. The molecule has 6 rings (SSSR count). The second-order valence-electron chi connectivity index (χ2n) is 6.99. The minimum atomic E-state index is -1.93.